The zero-order valence-electron chi connectivity index (χ0n) is 12.3. The van der Waals surface area contributed by atoms with Gasteiger partial charge in [-0.25, -0.2) is 0 Å². The number of nitrogens with zero attached hydrogens (tertiary/aromatic N) is 2. The van der Waals surface area contributed by atoms with Crippen molar-refractivity contribution >= 4 is 17.9 Å². The number of aldehydes is 1. The number of aryl methyl sites for hydroxylation is 1. The number of carbonyl (C=O) groups is 2. The fourth-order valence-corrected chi connectivity index (χ4v) is 2.10. The Morgan fingerprint density at radius 1 is 1.33 bits per heavy atom. The first-order valence-electron chi connectivity index (χ1n) is 7.04. The highest BCUT2D eigenvalue weighted by atomic mass is 16.1. The molecule has 0 saturated carbocycles. The summed E-state index contributed by atoms with van der Waals surface area (Å²) in [5.41, 5.74) is 2.85. The molecule has 5 nitrogen and oxygen atoms in total. The molecule has 0 radical (unpaired) electrons. The number of benzene rings is 1. The zero-order valence-corrected chi connectivity index (χ0v) is 12.3. The summed E-state index contributed by atoms with van der Waals surface area (Å²) in [6.07, 6.45) is 4.71. The number of carbonyl (C=O) groups excluding carboxylic acids is 2. The number of rotatable bonds is 6. The van der Waals surface area contributed by atoms with Crippen LogP contribution in [-0.2, 0) is 11.3 Å². The number of anilines is 1. The Balaban J connectivity index is 2.25. The molecule has 21 heavy (non-hydrogen) atoms. The molecule has 1 aromatic heterocycles. The van der Waals surface area contributed by atoms with Gasteiger partial charge in [-0.1, -0.05) is 25.5 Å². The van der Waals surface area contributed by atoms with E-state index in [1.807, 2.05) is 16.8 Å². The van der Waals surface area contributed by atoms with Gasteiger partial charge in [0.25, 0.3) is 0 Å². The van der Waals surface area contributed by atoms with Crippen molar-refractivity contribution in [1.82, 2.24) is 9.78 Å². The Morgan fingerprint density at radius 3 is 2.62 bits per heavy atom. The van der Waals surface area contributed by atoms with Crippen LogP contribution in [0.3, 0.4) is 0 Å². The Morgan fingerprint density at radius 2 is 2.05 bits per heavy atom. The van der Waals surface area contributed by atoms with Crippen LogP contribution in [0.5, 0.6) is 0 Å². The summed E-state index contributed by atoms with van der Waals surface area (Å²) in [4.78, 5) is 22.2. The molecule has 1 aromatic carbocycles. The molecule has 5 heteroatoms. The third-order valence-corrected chi connectivity index (χ3v) is 3.14. The van der Waals surface area contributed by atoms with Crippen molar-refractivity contribution in [2.24, 2.45) is 0 Å². The van der Waals surface area contributed by atoms with E-state index in [9.17, 15) is 9.59 Å². The van der Waals surface area contributed by atoms with E-state index in [4.69, 9.17) is 0 Å². The predicted octanol–water partition coefficient (Wildman–Crippen LogP) is 3.12. The highest BCUT2D eigenvalue weighted by Crippen LogP contribution is 2.23. The van der Waals surface area contributed by atoms with Gasteiger partial charge in [0.15, 0.2) is 6.29 Å². The molecule has 0 bridgehead atoms. The second-order valence-electron chi connectivity index (χ2n) is 4.93. The number of amides is 1. The minimum Gasteiger partial charge on any atom is -0.326 e. The second kappa shape index (κ2) is 6.83. The van der Waals surface area contributed by atoms with Crippen LogP contribution in [0.15, 0.2) is 30.5 Å². The molecule has 0 aliphatic heterocycles. The first-order valence-corrected chi connectivity index (χ1v) is 7.04. The Hall–Kier alpha value is -2.43. The highest BCUT2D eigenvalue weighted by molar-refractivity contribution is 5.89. The van der Waals surface area contributed by atoms with Gasteiger partial charge >= 0.3 is 0 Å². The van der Waals surface area contributed by atoms with Crippen molar-refractivity contribution in [3.63, 3.8) is 0 Å². The van der Waals surface area contributed by atoms with Gasteiger partial charge in [-0.2, -0.15) is 5.10 Å². The average Bonchev–Trinajstić information content (AvgIpc) is 2.88. The minimum atomic E-state index is -0.111. The standard InChI is InChI=1S/C16H19N3O2/c1-3-4-9-19-10-14(11-20)16(18-19)13-5-7-15(8-6-13)17-12(2)21/h5-8,10-11H,3-4,9H2,1-2H3,(H,17,21). The molecular formula is C16H19N3O2. The molecule has 0 unspecified atom stereocenters. The highest BCUT2D eigenvalue weighted by Gasteiger charge is 2.10. The van der Waals surface area contributed by atoms with E-state index < -0.39 is 0 Å². The summed E-state index contributed by atoms with van der Waals surface area (Å²) >= 11 is 0. The van der Waals surface area contributed by atoms with E-state index in [-0.39, 0.29) is 5.91 Å². The molecular weight excluding hydrogens is 266 g/mol. The monoisotopic (exact) mass is 285 g/mol. The Labute approximate surface area is 124 Å². The van der Waals surface area contributed by atoms with E-state index in [1.54, 1.807) is 18.3 Å². The molecule has 0 aliphatic carbocycles. The fourth-order valence-electron chi connectivity index (χ4n) is 2.10. The molecule has 110 valence electrons. The van der Waals surface area contributed by atoms with E-state index in [1.165, 1.54) is 6.92 Å². The first kappa shape index (κ1) is 15.0. The normalized spacial score (nSPS) is 10.4. The molecule has 2 aromatic rings. The molecule has 1 amide bonds. The van der Waals surface area contributed by atoms with Gasteiger partial charge in [-0.15, -0.1) is 0 Å². The molecule has 0 spiro atoms. The summed E-state index contributed by atoms with van der Waals surface area (Å²) in [7, 11) is 0. The lowest BCUT2D eigenvalue weighted by molar-refractivity contribution is -0.114. The van der Waals surface area contributed by atoms with Crippen molar-refractivity contribution in [3.05, 3.63) is 36.0 Å². The van der Waals surface area contributed by atoms with Crippen LogP contribution in [0, 0.1) is 0 Å². The third-order valence-electron chi connectivity index (χ3n) is 3.14. The number of hydrogen-bond acceptors (Lipinski definition) is 3. The summed E-state index contributed by atoms with van der Waals surface area (Å²) in [5.74, 6) is -0.111. The summed E-state index contributed by atoms with van der Waals surface area (Å²) in [6, 6.07) is 7.31. The average molecular weight is 285 g/mol. The van der Waals surface area contributed by atoms with E-state index in [0.717, 1.165) is 36.9 Å². The lowest BCUT2D eigenvalue weighted by Gasteiger charge is -2.03. The molecule has 0 atom stereocenters. The summed E-state index contributed by atoms with van der Waals surface area (Å²) < 4.78 is 1.81. The quantitative estimate of drug-likeness (QED) is 0.829. The largest absolute Gasteiger partial charge is 0.326 e. The lowest BCUT2D eigenvalue weighted by atomic mass is 10.1. The van der Waals surface area contributed by atoms with Crippen molar-refractivity contribution < 1.29 is 9.59 Å². The molecule has 0 aliphatic rings. The SMILES string of the molecule is CCCCn1cc(C=O)c(-c2ccc(NC(C)=O)cc2)n1. The van der Waals surface area contributed by atoms with Gasteiger partial charge in [-0.05, 0) is 18.6 Å². The van der Waals surface area contributed by atoms with Crippen molar-refractivity contribution in [3.8, 4) is 11.3 Å². The molecule has 1 heterocycles. The van der Waals surface area contributed by atoms with Crippen LogP contribution >= 0.6 is 0 Å². The topological polar surface area (TPSA) is 64.0 Å². The van der Waals surface area contributed by atoms with Crippen molar-refractivity contribution in [2.45, 2.75) is 33.2 Å². The van der Waals surface area contributed by atoms with Crippen molar-refractivity contribution in [1.29, 1.82) is 0 Å². The molecule has 2 rings (SSSR count). The molecule has 0 saturated heterocycles. The van der Waals surface area contributed by atoms with Gasteiger partial charge in [-0.3, -0.25) is 14.3 Å². The lowest BCUT2D eigenvalue weighted by Crippen LogP contribution is -2.05. The van der Waals surface area contributed by atoms with E-state index in [0.29, 0.717) is 11.3 Å². The van der Waals surface area contributed by atoms with Crippen LogP contribution in [0.1, 0.15) is 37.0 Å². The van der Waals surface area contributed by atoms with Gasteiger partial charge < -0.3 is 5.32 Å². The Bertz CT molecular complexity index is 629. The second-order valence-corrected chi connectivity index (χ2v) is 4.93. The number of unbranched alkanes of at least 4 members (excludes halogenated alkanes) is 1. The van der Waals surface area contributed by atoms with Crippen LogP contribution in [0.25, 0.3) is 11.3 Å². The third kappa shape index (κ3) is 3.78. The van der Waals surface area contributed by atoms with E-state index >= 15 is 0 Å². The van der Waals surface area contributed by atoms with Crippen LogP contribution in [-0.4, -0.2) is 22.0 Å². The van der Waals surface area contributed by atoms with Gasteiger partial charge in [0, 0.05) is 30.9 Å². The first-order chi connectivity index (χ1) is 10.1. The van der Waals surface area contributed by atoms with Gasteiger partial charge in [0.1, 0.15) is 5.69 Å². The minimum absolute atomic E-state index is 0.111. The van der Waals surface area contributed by atoms with Crippen LogP contribution in [0.2, 0.25) is 0 Å². The maximum atomic E-state index is 11.2. The number of nitrogens with one attached hydrogen (secondary N) is 1. The smallest absolute Gasteiger partial charge is 0.221 e. The Kier molecular flexibility index (Phi) is 4.87. The molecule has 1 N–H and O–H groups in total. The zero-order chi connectivity index (χ0) is 15.2. The number of hydrogen-bond donors (Lipinski definition) is 1. The summed E-state index contributed by atoms with van der Waals surface area (Å²) in [6.45, 7) is 4.39. The number of aromatic nitrogens is 2. The maximum Gasteiger partial charge on any atom is 0.221 e. The maximum absolute atomic E-state index is 11.2. The van der Waals surface area contributed by atoms with Crippen LogP contribution in [0.4, 0.5) is 5.69 Å². The fraction of sp³-hybridized carbons (Fsp3) is 0.312. The van der Waals surface area contributed by atoms with Crippen molar-refractivity contribution in [2.75, 3.05) is 5.32 Å². The predicted molar refractivity (Wildman–Crippen MR) is 82.3 cm³/mol. The summed E-state index contributed by atoms with van der Waals surface area (Å²) in [5, 5.41) is 7.19. The van der Waals surface area contributed by atoms with Gasteiger partial charge in [0.2, 0.25) is 5.91 Å². The van der Waals surface area contributed by atoms with Gasteiger partial charge in [0.05, 0.1) is 5.56 Å². The van der Waals surface area contributed by atoms with Crippen LogP contribution < -0.4 is 5.32 Å². The molecule has 0 fully saturated rings. The van der Waals surface area contributed by atoms with E-state index in [2.05, 4.69) is 17.3 Å².